The van der Waals surface area contributed by atoms with Crippen LogP contribution in [0.15, 0.2) is 42.5 Å². The number of aliphatic hydroxyl groups excluding tert-OH is 1. The fourth-order valence-corrected chi connectivity index (χ4v) is 3.01. The van der Waals surface area contributed by atoms with Crippen LogP contribution in [0, 0.1) is 0 Å². The van der Waals surface area contributed by atoms with Gasteiger partial charge in [-0.25, -0.2) is 4.98 Å². The first-order valence-corrected chi connectivity index (χ1v) is 6.90. The molecule has 4 heteroatoms. The van der Waals surface area contributed by atoms with Crippen LogP contribution >= 0.6 is 11.3 Å². The Labute approximate surface area is 115 Å². The third-order valence-electron chi connectivity index (χ3n) is 3.06. The van der Waals surface area contributed by atoms with Gasteiger partial charge in [0.15, 0.2) is 0 Å². The molecule has 1 heterocycles. The van der Waals surface area contributed by atoms with E-state index in [1.54, 1.807) is 11.3 Å². The van der Waals surface area contributed by atoms with Gasteiger partial charge in [-0.3, -0.25) is 0 Å². The molecule has 96 valence electrons. The molecule has 0 atom stereocenters. The number of fused-ring (bicyclic) bond motifs is 1. The van der Waals surface area contributed by atoms with Gasteiger partial charge in [0.05, 0.1) is 16.8 Å². The summed E-state index contributed by atoms with van der Waals surface area (Å²) >= 11 is 1.65. The first-order chi connectivity index (χ1) is 9.30. The minimum atomic E-state index is 0.0695. The zero-order valence-electron chi connectivity index (χ0n) is 10.6. The Kier molecular flexibility index (Phi) is 3.19. The maximum absolute atomic E-state index is 9.16. The van der Waals surface area contributed by atoms with E-state index >= 15 is 0 Å². The number of hydrogen-bond donors (Lipinski definition) is 2. The molecule has 2 N–H and O–H groups in total. The van der Waals surface area contributed by atoms with E-state index in [0.29, 0.717) is 0 Å². The Bertz CT molecular complexity index is 704. The zero-order valence-corrected chi connectivity index (χ0v) is 11.4. The van der Waals surface area contributed by atoms with Gasteiger partial charge in [0.1, 0.15) is 5.01 Å². The van der Waals surface area contributed by atoms with Gasteiger partial charge >= 0.3 is 0 Å². The van der Waals surface area contributed by atoms with Gasteiger partial charge in [-0.1, -0.05) is 6.07 Å². The van der Waals surface area contributed by atoms with Crippen LogP contribution in [0.2, 0.25) is 0 Å². The number of aliphatic hydroxyl groups is 1. The zero-order chi connectivity index (χ0) is 13.2. The second-order valence-corrected chi connectivity index (χ2v) is 5.34. The number of thiazole rings is 1. The summed E-state index contributed by atoms with van der Waals surface area (Å²) in [5.41, 5.74) is 4.11. The van der Waals surface area contributed by atoms with Crippen LogP contribution in [0.3, 0.4) is 0 Å². The van der Waals surface area contributed by atoms with E-state index < -0.39 is 0 Å². The van der Waals surface area contributed by atoms with Crippen molar-refractivity contribution in [3.63, 3.8) is 0 Å². The number of benzene rings is 2. The number of aromatic nitrogens is 1. The third kappa shape index (κ3) is 2.32. The molecule has 0 aliphatic rings. The number of rotatable bonds is 3. The Hall–Kier alpha value is -1.91. The van der Waals surface area contributed by atoms with E-state index in [-0.39, 0.29) is 6.61 Å². The average Bonchev–Trinajstić information content (AvgIpc) is 2.90. The van der Waals surface area contributed by atoms with Crippen LogP contribution in [0.1, 0.15) is 5.56 Å². The molecule has 0 aliphatic carbocycles. The minimum Gasteiger partial charge on any atom is -0.392 e. The summed E-state index contributed by atoms with van der Waals surface area (Å²) in [5, 5.41) is 13.3. The van der Waals surface area contributed by atoms with Crippen molar-refractivity contribution in [1.29, 1.82) is 0 Å². The lowest BCUT2D eigenvalue weighted by atomic mass is 10.2. The summed E-state index contributed by atoms with van der Waals surface area (Å²) in [6, 6.07) is 14.1. The third-order valence-corrected chi connectivity index (χ3v) is 4.12. The van der Waals surface area contributed by atoms with Crippen LogP contribution in [-0.4, -0.2) is 17.1 Å². The topological polar surface area (TPSA) is 45.2 Å². The molecule has 3 aromatic rings. The second-order valence-electron chi connectivity index (χ2n) is 4.31. The smallest absolute Gasteiger partial charge is 0.124 e. The molecule has 0 fully saturated rings. The summed E-state index contributed by atoms with van der Waals surface area (Å²) in [4.78, 5) is 4.63. The van der Waals surface area contributed by atoms with Crippen LogP contribution < -0.4 is 5.32 Å². The number of nitrogens with zero attached hydrogens (tertiary/aromatic N) is 1. The number of nitrogens with one attached hydrogen (secondary N) is 1. The maximum atomic E-state index is 9.16. The van der Waals surface area contributed by atoms with E-state index in [0.717, 1.165) is 32.0 Å². The van der Waals surface area contributed by atoms with Crippen molar-refractivity contribution < 1.29 is 5.11 Å². The largest absolute Gasteiger partial charge is 0.392 e. The highest BCUT2D eigenvalue weighted by Gasteiger charge is 2.06. The first-order valence-electron chi connectivity index (χ1n) is 6.08. The summed E-state index contributed by atoms with van der Waals surface area (Å²) in [5.74, 6) is 0. The van der Waals surface area contributed by atoms with Crippen LogP contribution in [0.25, 0.3) is 20.8 Å². The second kappa shape index (κ2) is 4.99. The van der Waals surface area contributed by atoms with Crippen molar-refractivity contribution in [2.45, 2.75) is 6.61 Å². The lowest BCUT2D eigenvalue weighted by Gasteiger charge is -2.00. The average molecular weight is 269 g/mol. The molecular weight excluding hydrogens is 255 g/mol. The molecule has 0 bridgehead atoms. The molecule has 0 unspecified atom stereocenters. The molecule has 0 saturated heterocycles. The predicted molar refractivity (Wildman–Crippen MR) is 80.5 cm³/mol. The van der Waals surface area contributed by atoms with Crippen molar-refractivity contribution in [1.82, 2.24) is 4.98 Å². The summed E-state index contributed by atoms with van der Waals surface area (Å²) in [6.45, 7) is 0.0695. The first kappa shape index (κ1) is 12.1. The van der Waals surface area contributed by atoms with Crippen LogP contribution in [0.5, 0.6) is 0 Å². The molecule has 1 aromatic heterocycles. The van der Waals surface area contributed by atoms with E-state index in [2.05, 4.69) is 22.4 Å². The summed E-state index contributed by atoms with van der Waals surface area (Å²) in [6.07, 6.45) is 0. The molecule has 0 amide bonds. The highest BCUT2D eigenvalue weighted by molar-refractivity contribution is 7.21. The Balaban J connectivity index is 2.04. The van der Waals surface area contributed by atoms with Gasteiger partial charge in [-0.15, -0.1) is 11.3 Å². The van der Waals surface area contributed by atoms with Gasteiger partial charge in [0.2, 0.25) is 0 Å². The highest BCUT2D eigenvalue weighted by atomic mass is 32.1. The standard InChI is InChI=1S/C15H14N2OS/c1-16-12-5-3-11(4-6-12)15-17-13-7-2-10(9-18)8-14(13)19-15/h2-8,16,18H,9H2,1H3/i1-1. The van der Waals surface area contributed by atoms with Gasteiger partial charge in [0, 0.05) is 18.3 Å². The van der Waals surface area contributed by atoms with Gasteiger partial charge in [0.25, 0.3) is 0 Å². The molecule has 19 heavy (non-hydrogen) atoms. The van der Waals surface area contributed by atoms with E-state index in [1.165, 1.54) is 0 Å². The molecule has 2 aromatic carbocycles. The van der Waals surface area contributed by atoms with Crippen molar-refractivity contribution in [3.05, 3.63) is 48.0 Å². The number of anilines is 1. The molecule has 0 spiro atoms. The van der Waals surface area contributed by atoms with Crippen molar-refractivity contribution >= 4 is 27.2 Å². The van der Waals surface area contributed by atoms with Crippen LogP contribution in [0.4, 0.5) is 5.69 Å². The predicted octanol–water partition coefficient (Wildman–Crippen LogP) is 3.50. The lowest BCUT2D eigenvalue weighted by Crippen LogP contribution is -1.86. The molecule has 0 saturated carbocycles. The van der Waals surface area contributed by atoms with Gasteiger partial charge < -0.3 is 10.4 Å². The fourth-order valence-electron chi connectivity index (χ4n) is 1.97. The molecule has 0 radical (unpaired) electrons. The van der Waals surface area contributed by atoms with Crippen molar-refractivity contribution in [2.75, 3.05) is 12.4 Å². The monoisotopic (exact) mass is 269 g/mol. The minimum absolute atomic E-state index is 0.0695. The Morgan fingerprint density at radius 2 is 1.95 bits per heavy atom. The van der Waals surface area contributed by atoms with Crippen LogP contribution in [-0.2, 0) is 6.61 Å². The summed E-state index contributed by atoms with van der Waals surface area (Å²) in [7, 11) is 1.91. The lowest BCUT2D eigenvalue weighted by molar-refractivity contribution is 0.282. The Morgan fingerprint density at radius 1 is 1.16 bits per heavy atom. The van der Waals surface area contributed by atoms with E-state index in [9.17, 15) is 0 Å². The molecular formula is C15H14N2OS. The normalized spacial score (nSPS) is 10.8. The SMILES string of the molecule is [11CH3]Nc1ccc(-c2nc3ccc(CO)cc3s2)cc1. The summed E-state index contributed by atoms with van der Waals surface area (Å²) < 4.78 is 1.11. The molecule has 3 rings (SSSR count). The number of hydrogen-bond acceptors (Lipinski definition) is 4. The van der Waals surface area contributed by atoms with Crippen molar-refractivity contribution in [3.8, 4) is 10.6 Å². The van der Waals surface area contributed by atoms with Crippen molar-refractivity contribution in [2.24, 2.45) is 0 Å². The van der Waals surface area contributed by atoms with E-state index in [4.69, 9.17) is 5.11 Å². The highest BCUT2D eigenvalue weighted by Crippen LogP contribution is 2.31. The fraction of sp³-hybridized carbons (Fsp3) is 0.133. The maximum Gasteiger partial charge on any atom is 0.124 e. The molecule has 3 nitrogen and oxygen atoms in total. The van der Waals surface area contributed by atoms with Gasteiger partial charge in [-0.2, -0.15) is 0 Å². The Morgan fingerprint density at radius 3 is 2.63 bits per heavy atom. The van der Waals surface area contributed by atoms with E-state index in [1.807, 2.05) is 37.4 Å². The quantitative estimate of drug-likeness (QED) is 0.765. The van der Waals surface area contributed by atoms with Gasteiger partial charge in [-0.05, 0) is 42.0 Å². The molecule has 0 aliphatic heterocycles.